The molecule has 0 spiro atoms. The van der Waals surface area contributed by atoms with Crippen molar-refractivity contribution >= 4 is 28.3 Å². The lowest BCUT2D eigenvalue weighted by atomic mass is 10.0. The van der Waals surface area contributed by atoms with Crippen LogP contribution in [0.1, 0.15) is 0 Å². The van der Waals surface area contributed by atoms with Gasteiger partial charge in [0, 0.05) is 47.6 Å². The van der Waals surface area contributed by atoms with Crippen molar-refractivity contribution in [3.05, 3.63) is 65.4 Å². The smallest absolute Gasteiger partial charge is 0.168 e. The molecule has 0 atom stereocenters. The number of pyridine rings is 1. The fourth-order valence-electron chi connectivity index (χ4n) is 3.25. The van der Waals surface area contributed by atoms with Gasteiger partial charge in [-0.2, -0.15) is 0 Å². The zero-order valence-electron chi connectivity index (χ0n) is 15.1. The number of fused-ring (bicyclic) bond motifs is 1. The third-order valence-electron chi connectivity index (χ3n) is 4.60. The zero-order valence-corrected chi connectivity index (χ0v) is 15.9. The van der Waals surface area contributed by atoms with E-state index in [1.54, 1.807) is 25.5 Å². The topological polar surface area (TPSA) is 49.9 Å². The molecule has 0 fully saturated rings. The summed E-state index contributed by atoms with van der Waals surface area (Å²) in [7, 11) is 3.15. The molecule has 0 radical (unpaired) electrons. The van der Waals surface area contributed by atoms with Crippen LogP contribution in [0.4, 0.5) is 14.5 Å². The first-order chi connectivity index (χ1) is 13.5. The first kappa shape index (κ1) is 18.3. The van der Waals surface area contributed by atoms with Crippen LogP contribution < -0.4 is 10.1 Å². The normalized spacial score (nSPS) is 11.0. The van der Waals surface area contributed by atoms with Gasteiger partial charge in [0.05, 0.1) is 17.8 Å². The predicted octanol–water partition coefficient (Wildman–Crippen LogP) is 5.88. The zero-order chi connectivity index (χ0) is 19.8. The number of nitrogens with zero attached hydrogens (tertiary/aromatic N) is 1. The van der Waals surface area contributed by atoms with Crippen LogP contribution in [-0.2, 0) is 0 Å². The van der Waals surface area contributed by atoms with Crippen LogP contribution in [0.3, 0.4) is 0 Å². The van der Waals surface area contributed by atoms with Gasteiger partial charge in [-0.15, -0.1) is 0 Å². The van der Waals surface area contributed by atoms with Crippen LogP contribution in [0.5, 0.6) is 5.75 Å². The van der Waals surface area contributed by atoms with Gasteiger partial charge in [-0.1, -0.05) is 17.7 Å². The first-order valence-corrected chi connectivity index (χ1v) is 8.88. The van der Waals surface area contributed by atoms with E-state index in [0.717, 1.165) is 28.3 Å². The van der Waals surface area contributed by atoms with Gasteiger partial charge in [-0.25, -0.2) is 13.8 Å². The summed E-state index contributed by atoms with van der Waals surface area (Å²) in [5, 5.41) is 4.38. The highest BCUT2D eigenvalue weighted by Gasteiger charge is 2.18. The van der Waals surface area contributed by atoms with Crippen molar-refractivity contribution in [1.82, 2.24) is 9.97 Å². The summed E-state index contributed by atoms with van der Waals surface area (Å²) in [6.07, 6.45) is 3.40. The molecule has 2 aromatic heterocycles. The van der Waals surface area contributed by atoms with Gasteiger partial charge in [-0.3, -0.25) is 0 Å². The number of rotatable bonds is 4. The lowest BCUT2D eigenvalue weighted by Crippen LogP contribution is -1.94. The Morgan fingerprint density at radius 1 is 1.07 bits per heavy atom. The van der Waals surface area contributed by atoms with Crippen molar-refractivity contribution < 1.29 is 13.5 Å². The number of halogens is 3. The summed E-state index contributed by atoms with van der Waals surface area (Å²) < 4.78 is 33.2. The van der Waals surface area contributed by atoms with Gasteiger partial charge in [-0.05, 0) is 29.8 Å². The Kier molecular flexibility index (Phi) is 4.65. The number of hydrogen-bond donors (Lipinski definition) is 2. The number of anilines is 1. The molecule has 0 saturated carbocycles. The number of ether oxygens (including phenoxy) is 1. The lowest BCUT2D eigenvalue weighted by Gasteiger charge is -2.10. The second-order valence-corrected chi connectivity index (χ2v) is 6.64. The molecule has 142 valence electrons. The van der Waals surface area contributed by atoms with Gasteiger partial charge in [0.2, 0.25) is 0 Å². The van der Waals surface area contributed by atoms with Gasteiger partial charge < -0.3 is 15.0 Å². The standard InChI is InChI=1S/C21H16ClF2N3O/c1-25-19-6-11(3-4-17(19)22)12-5-15-16(10-27-21(15)26-9-12)14-7-13(23)8-18(24)20(14)28-2/h3-10,25H,1-2H3,(H,26,27). The number of benzene rings is 2. The molecule has 4 aromatic rings. The van der Waals surface area contributed by atoms with Gasteiger partial charge >= 0.3 is 0 Å². The maximum absolute atomic E-state index is 14.2. The molecule has 0 aliphatic heterocycles. The maximum Gasteiger partial charge on any atom is 0.168 e. The quantitative estimate of drug-likeness (QED) is 0.450. The first-order valence-electron chi connectivity index (χ1n) is 8.50. The fourth-order valence-corrected chi connectivity index (χ4v) is 3.46. The van der Waals surface area contributed by atoms with Gasteiger partial charge in [0.15, 0.2) is 11.6 Å². The number of methoxy groups -OCH3 is 1. The van der Waals surface area contributed by atoms with Crippen LogP contribution >= 0.6 is 11.6 Å². The van der Waals surface area contributed by atoms with Gasteiger partial charge in [0.25, 0.3) is 0 Å². The number of aromatic amines is 1. The molecule has 0 unspecified atom stereocenters. The predicted molar refractivity (Wildman–Crippen MR) is 108 cm³/mol. The van der Waals surface area contributed by atoms with E-state index >= 15 is 0 Å². The number of H-pyrrole nitrogens is 1. The molecular formula is C21H16ClF2N3O. The van der Waals surface area contributed by atoms with E-state index in [0.29, 0.717) is 21.8 Å². The molecule has 0 aliphatic rings. The van der Waals surface area contributed by atoms with Crippen molar-refractivity contribution in [3.63, 3.8) is 0 Å². The minimum absolute atomic E-state index is 0.0170. The van der Waals surface area contributed by atoms with Crippen LogP contribution in [0.25, 0.3) is 33.3 Å². The molecule has 2 aromatic carbocycles. The van der Waals surface area contributed by atoms with E-state index in [1.807, 2.05) is 18.2 Å². The average molecular weight is 400 g/mol. The minimum Gasteiger partial charge on any atom is -0.493 e. The number of hydrogen-bond acceptors (Lipinski definition) is 3. The Balaban J connectivity index is 1.91. The third-order valence-corrected chi connectivity index (χ3v) is 4.93. The van der Waals surface area contributed by atoms with Crippen LogP contribution in [-0.4, -0.2) is 24.1 Å². The highest BCUT2D eigenvalue weighted by Crippen LogP contribution is 2.38. The van der Waals surface area contributed by atoms with E-state index in [9.17, 15) is 8.78 Å². The summed E-state index contributed by atoms with van der Waals surface area (Å²) in [4.78, 5) is 7.49. The Bertz CT molecular complexity index is 1190. The maximum atomic E-state index is 14.2. The van der Waals surface area contributed by atoms with Crippen LogP contribution in [0.2, 0.25) is 5.02 Å². The highest BCUT2D eigenvalue weighted by atomic mass is 35.5. The molecule has 4 rings (SSSR count). The summed E-state index contributed by atoms with van der Waals surface area (Å²) in [6.45, 7) is 0. The molecular weight excluding hydrogens is 384 g/mol. The van der Waals surface area contributed by atoms with Crippen molar-refractivity contribution in [3.8, 4) is 28.0 Å². The Morgan fingerprint density at radius 2 is 1.89 bits per heavy atom. The van der Waals surface area contributed by atoms with Crippen molar-refractivity contribution in [2.24, 2.45) is 0 Å². The molecule has 7 heteroatoms. The second kappa shape index (κ2) is 7.13. The molecule has 2 N–H and O–H groups in total. The van der Waals surface area contributed by atoms with Crippen LogP contribution in [0.15, 0.2) is 48.8 Å². The molecule has 0 aliphatic carbocycles. The largest absolute Gasteiger partial charge is 0.493 e. The highest BCUT2D eigenvalue weighted by molar-refractivity contribution is 6.33. The van der Waals surface area contributed by atoms with Crippen molar-refractivity contribution in [2.45, 2.75) is 0 Å². The summed E-state index contributed by atoms with van der Waals surface area (Å²) in [6, 6.07) is 9.57. The van der Waals surface area contributed by atoms with E-state index < -0.39 is 11.6 Å². The molecule has 4 nitrogen and oxygen atoms in total. The Labute approximate surface area is 165 Å². The Morgan fingerprint density at radius 3 is 2.64 bits per heavy atom. The summed E-state index contributed by atoms with van der Waals surface area (Å²) in [5.74, 6) is -1.45. The molecule has 28 heavy (non-hydrogen) atoms. The van der Waals surface area contributed by atoms with Gasteiger partial charge in [0.1, 0.15) is 11.5 Å². The molecule has 2 heterocycles. The number of nitrogens with one attached hydrogen (secondary N) is 2. The summed E-state index contributed by atoms with van der Waals surface area (Å²) in [5.41, 5.74) is 4.07. The average Bonchev–Trinajstić information content (AvgIpc) is 3.11. The minimum atomic E-state index is -0.757. The molecule has 0 saturated heterocycles. The van der Waals surface area contributed by atoms with E-state index in [4.69, 9.17) is 16.3 Å². The third kappa shape index (κ3) is 3.05. The fraction of sp³-hybridized carbons (Fsp3) is 0.0952. The van der Waals surface area contributed by atoms with Crippen molar-refractivity contribution in [2.75, 3.05) is 19.5 Å². The molecule has 0 amide bonds. The SMILES string of the molecule is CNc1cc(-c2cnc3[nH]cc(-c4cc(F)cc(F)c4OC)c3c2)ccc1Cl. The lowest BCUT2D eigenvalue weighted by molar-refractivity contribution is 0.386. The summed E-state index contributed by atoms with van der Waals surface area (Å²) >= 11 is 6.16. The molecule has 0 bridgehead atoms. The monoisotopic (exact) mass is 399 g/mol. The Hall–Kier alpha value is -3.12. The van der Waals surface area contributed by atoms with E-state index in [2.05, 4.69) is 15.3 Å². The van der Waals surface area contributed by atoms with Crippen LogP contribution in [0, 0.1) is 11.6 Å². The van der Waals surface area contributed by atoms with E-state index in [-0.39, 0.29) is 5.75 Å². The van der Waals surface area contributed by atoms with Crippen molar-refractivity contribution in [1.29, 1.82) is 0 Å². The van der Waals surface area contributed by atoms with E-state index in [1.165, 1.54) is 13.2 Å². The number of aromatic nitrogens is 2. The second-order valence-electron chi connectivity index (χ2n) is 6.24.